The lowest BCUT2D eigenvalue weighted by Crippen LogP contribution is -2.39. The van der Waals surface area contributed by atoms with Gasteiger partial charge in [0.25, 0.3) is 5.56 Å². The molecule has 0 bridgehead atoms. The van der Waals surface area contributed by atoms with Gasteiger partial charge in [0, 0.05) is 13.1 Å². The average Bonchev–Trinajstić information content (AvgIpc) is 3.28. The molecule has 1 aliphatic heterocycles. The van der Waals surface area contributed by atoms with Crippen LogP contribution in [-0.2, 0) is 14.3 Å². The third-order valence-electron chi connectivity index (χ3n) is 6.03. The highest BCUT2D eigenvalue weighted by molar-refractivity contribution is 7.07. The lowest BCUT2D eigenvalue weighted by atomic mass is 9.97. The van der Waals surface area contributed by atoms with Crippen LogP contribution in [0.4, 0.5) is 0 Å². The van der Waals surface area contributed by atoms with E-state index in [9.17, 15) is 14.4 Å². The Bertz CT molecular complexity index is 1660. The van der Waals surface area contributed by atoms with Crippen LogP contribution in [-0.4, -0.2) is 51.0 Å². The molecule has 0 saturated carbocycles. The smallest absolute Gasteiger partial charge is 0.337 e. The summed E-state index contributed by atoms with van der Waals surface area (Å²) in [5, 5.41) is 0. The lowest BCUT2D eigenvalue weighted by molar-refractivity contribution is -0.136. The standard InChI is InChI=1S/C29H30N2O9S/c1-7-38-20-10-9-18(14-21(20)39-8-2)25-19(28(34)37-6)15-30-29-31(25)27(33)24(41-29)13-17-11-22(35-4)26(40-16(3)32)23(12-17)36-5/h9-15,25H,7-8H2,1-6H3/b24-13+/t25-/m0/s1. The van der Waals surface area contributed by atoms with E-state index >= 15 is 0 Å². The first-order valence-corrected chi connectivity index (χ1v) is 13.5. The minimum Gasteiger partial charge on any atom is -0.493 e. The van der Waals surface area contributed by atoms with E-state index in [1.165, 1.54) is 39.0 Å². The van der Waals surface area contributed by atoms with Gasteiger partial charge in [0.05, 0.1) is 50.7 Å². The molecule has 0 amide bonds. The fourth-order valence-electron chi connectivity index (χ4n) is 4.37. The zero-order valence-electron chi connectivity index (χ0n) is 23.5. The number of thiazole rings is 1. The number of nitrogens with zero attached hydrogens (tertiary/aromatic N) is 2. The molecule has 0 N–H and O–H groups in total. The van der Waals surface area contributed by atoms with Crippen LogP contribution in [0.25, 0.3) is 6.08 Å². The first kappa shape index (κ1) is 29.4. The largest absolute Gasteiger partial charge is 0.493 e. The first-order valence-electron chi connectivity index (χ1n) is 12.7. The molecule has 1 aromatic heterocycles. The molecule has 216 valence electrons. The Morgan fingerprint density at radius 3 is 2.22 bits per heavy atom. The molecular weight excluding hydrogens is 552 g/mol. The Hall–Kier alpha value is -4.58. The van der Waals surface area contributed by atoms with Gasteiger partial charge in [0.15, 0.2) is 27.8 Å². The third-order valence-corrected chi connectivity index (χ3v) is 7.03. The topological polar surface area (TPSA) is 124 Å². The number of esters is 2. The summed E-state index contributed by atoms with van der Waals surface area (Å²) in [4.78, 5) is 43.1. The molecule has 0 radical (unpaired) electrons. The molecule has 2 heterocycles. The summed E-state index contributed by atoms with van der Waals surface area (Å²) < 4.78 is 34.4. The van der Waals surface area contributed by atoms with Crippen molar-refractivity contribution in [2.45, 2.75) is 26.8 Å². The monoisotopic (exact) mass is 582 g/mol. The van der Waals surface area contributed by atoms with Gasteiger partial charge in [-0.1, -0.05) is 17.4 Å². The average molecular weight is 583 g/mol. The molecular formula is C29H30N2O9S. The Labute approximate surface area is 239 Å². The van der Waals surface area contributed by atoms with Crippen LogP contribution in [0.1, 0.15) is 37.9 Å². The summed E-state index contributed by atoms with van der Waals surface area (Å²) in [7, 11) is 4.14. The summed E-state index contributed by atoms with van der Waals surface area (Å²) in [5.41, 5.74) is 0.989. The third kappa shape index (κ3) is 5.97. The van der Waals surface area contributed by atoms with E-state index in [0.29, 0.717) is 45.2 Å². The number of carbonyl (C=O) groups excluding carboxylic acids is 2. The molecule has 41 heavy (non-hydrogen) atoms. The predicted octanol–water partition coefficient (Wildman–Crippen LogP) is 2.76. The minimum absolute atomic E-state index is 0.129. The fourth-order valence-corrected chi connectivity index (χ4v) is 5.34. The number of rotatable bonds is 10. The second-order valence-electron chi connectivity index (χ2n) is 8.60. The maximum atomic E-state index is 13.9. The molecule has 2 aromatic carbocycles. The second-order valence-corrected chi connectivity index (χ2v) is 9.61. The van der Waals surface area contributed by atoms with E-state index in [1.807, 2.05) is 13.8 Å². The van der Waals surface area contributed by atoms with Gasteiger partial charge in [0.1, 0.15) is 0 Å². The molecule has 11 nitrogen and oxygen atoms in total. The Balaban J connectivity index is 1.90. The van der Waals surface area contributed by atoms with Crippen LogP contribution in [0.3, 0.4) is 0 Å². The normalized spacial score (nSPS) is 14.3. The predicted molar refractivity (Wildman–Crippen MR) is 151 cm³/mol. The van der Waals surface area contributed by atoms with Crippen molar-refractivity contribution in [2.24, 2.45) is 4.99 Å². The first-order chi connectivity index (χ1) is 19.8. The molecule has 0 saturated heterocycles. The van der Waals surface area contributed by atoms with Gasteiger partial charge in [-0.05, 0) is 55.3 Å². The number of carbonyl (C=O) groups is 2. The Morgan fingerprint density at radius 1 is 0.976 bits per heavy atom. The number of hydrogen-bond donors (Lipinski definition) is 0. The van der Waals surface area contributed by atoms with Crippen molar-refractivity contribution < 1.29 is 38.0 Å². The number of methoxy groups -OCH3 is 3. The Morgan fingerprint density at radius 2 is 1.63 bits per heavy atom. The summed E-state index contributed by atoms with van der Waals surface area (Å²) in [6.45, 7) is 5.84. The number of benzene rings is 2. The van der Waals surface area contributed by atoms with E-state index in [1.54, 1.807) is 36.4 Å². The van der Waals surface area contributed by atoms with Crippen molar-refractivity contribution in [3.8, 4) is 28.7 Å². The molecule has 4 rings (SSSR count). The van der Waals surface area contributed by atoms with Gasteiger partial charge < -0.3 is 28.4 Å². The second kappa shape index (κ2) is 12.7. The SMILES string of the molecule is CCOc1ccc([C@H]2C(C(=O)OC)=CN=c3s/c(=C/c4cc(OC)c(OC(C)=O)c(OC)c4)c(=O)n32)cc1OCC. The van der Waals surface area contributed by atoms with Crippen LogP contribution >= 0.6 is 11.3 Å². The molecule has 1 aliphatic rings. The maximum Gasteiger partial charge on any atom is 0.337 e. The summed E-state index contributed by atoms with van der Waals surface area (Å²) >= 11 is 1.15. The van der Waals surface area contributed by atoms with E-state index < -0.39 is 18.0 Å². The molecule has 0 fully saturated rings. The molecule has 1 atom stereocenters. The Kier molecular flexibility index (Phi) is 9.13. The minimum atomic E-state index is -0.828. The van der Waals surface area contributed by atoms with E-state index in [0.717, 1.165) is 11.3 Å². The van der Waals surface area contributed by atoms with Crippen LogP contribution < -0.4 is 38.6 Å². The highest BCUT2D eigenvalue weighted by Crippen LogP contribution is 2.39. The van der Waals surface area contributed by atoms with Crippen molar-refractivity contribution in [1.82, 2.24) is 4.57 Å². The maximum absolute atomic E-state index is 13.9. The van der Waals surface area contributed by atoms with Crippen molar-refractivity contribution in [2.75, 3.05) is 34.5 Å². The van der Waals surface area contributed by atoms with Crippen LogP contribution in [0, 0.1) is 0 Å². The van der Waals surface area contributed by atoms with E-state index in [-0.39, 0.29) is 28.4 Å². The summed E-state index contributed by atoms with van der Waals surface area (Å²) in [6.07, 6.45) is 3.07. The fraction of sp³-hybridized carbons (Fsp3) is 0.310. The van der Waals surface area contributed by atoms with Gasteiger partial charge in [0.2, 0.25) is 5.75 Å². The van der Waals surface area contributed by atoms with Gasteiger partial charge in [-0.3, -0.25) is 14.2 Å². The molecule has 0 unspecified atom stereocenters. The zero-order valence-corrected chi connectivity index (χ0v) is 24.3. The number of ether oxygens (including phenoxy) is 6. The van der Waals surface area contributed by atoms with Gasteiger partial charge in [-0.25, -0.2) is 9.79 Å². The highest BCUT2D eigenvalue weighted by Gasteiger charge is 2.31. The summed E-state index contributed by atoms with van der Waals surface area (Å²) in [6, 6.07) is 7.70. The summed E-state index contributed by atoms with van der Waals surface area (Å²) in [5.74, 6) is 0.520. The van der Waals surface area contributed by atoms with E-state index in [4.69, 9.17) is 28.4 Å². The zero-order chi connectivity index (χ0) is 29.7. The van der Waals surface area contributed by atoms with Gasteiger partial charge in [-0.2, -0.15) is 0 Å². The van der Waals surface area contributed by atoms with Gasteiger partial charge >= 0.3 is 11.9 Å². The highest BCUT2D eigenvalue weighted by atomic mass is 32.1. The van der Waals surface area contributed by atoms with Crippen molar-refractivity contribution in [3.63, 3.8) is 0 Å². The number of hydrogen-bond acceptors (Lipinski definition) is 11. The molecule has 3 aromatic rings. The molecule has 0 aliphatic carbocycles. The van der Waals surface area contributed by atoms with Crippen LogP contribution in [0.2, 0.25) is 0 Å². The molecule has 12 heteroatoms. The number of aromatic nitrogens is 1. The van der Waals surface area contributed by atoms with Crippen molar-refractivity contribution in [3.05, 3.63) is 72.9 Å². The number of fused-ring (bicyclic) bond motifs is 1. The van der Waals surface area contributed by atoms with E-state index in [2.05, 4.69) is 4.99 Å². The van der Waals surface area contributed by atoms with Crippen LogP contribution in [0.15, 0.2) is 51.9 Å². The van der Waals surface area contributed by atoms with Crippen LogP contribution in [0.5, 0.6) is 28.7 Å². The lowest BCUT2D eigenvalue weighted by Gasteiger charge is -2.23. The molecule has 0 spiro atoms. The van der Waals surface area contributed by atoms with Crippen molar-refractivity contribution in [1.29, 1.82) is 0 Å². The van der Waals surface area contributed by atoms with Gasteiger partial charge in [-0.15, -0.1) is 0 Å². The quantitative estimate of drug-likeness (QED) is 0.262. The van der Waals surface area contributed by atoms with Crippen molar-refractivity contribution >= 4 is 29.4 Å².